The van der Waals surface area contributed by atoms with Gasteiger partial charge in [-0.3, -0.25) is 0 Å². The van der Waals surface area contributed by atoms with Gasteiger partial charge in [0.1, 0.15) is 11.9 Å². The molecule has 3 heteroatoms. The molecule has 0 bridgehead atoms. The first kappa shape index (κ1) is 12.4. The molecule has 1 atom stereocenters. The average molecular weight is 297 g/mol. The van der Waals surface area contributed by atoms with Crippen molar-refractivity contribution < 1.29 is 9.13 Å². The number of rotatable bonds is 3. The highest BCUT2D eigenvalue weighted by atomic mass is 79.9. The number of fused-ring (bicyclic) bond motifs is 1. The number of allylic oxidation sites excluding steroid dienone is 3. The zero-order chi connectivity index (χ0) is 12.4. The highest BCUT2D eigenvalue weighted by Crippen LogP contribution is 2.40. The molecule has 1 aromatic rings. The molecule has 0 radical (unpaired) electrons. The maximum atomic E-state index is 13.8. The van der Waals surface area contributed by atoms with Gasteiger partial charge in [0.2, 0.25) is 0 Å². The minimum absolute atomic E-state index is 0.182. The molecule has 0 spiro atoms. The van der Waals surface area contributed by atoms with Crippen molar-refractivity contribution in [2.45, 2.75) is 25.9 Å². The van der Waals surface area contributed by atoms with E-state index in [1.54, 1.807) is 18.2 Å². The van der Waals surface area contributed by atoms with Crippen LogP contribution in [-0.2, 0) is 11.2 Å². The predicted octanol–water partition coefficient (Wildman–Crippen LogP) is 4.68. The van der Waals surface area contributed by atoms with E-state index >= 15 is 0 Å². The average Bonchev–Trinajstić information content (AvgIpc) is 2.69. The van der Waals surface area contributed by atoms with Crippen LogP contribution in [-0.4, -0.2) is 0 Å². The fourth-order valence-corrected chi connectivity index (χ4v) is 2.72. The van der Waals surface area contributed by atoms with Crippen LogP contribution in [0.2, 0.25) is 0 Å². The lowest BCUT2D eigenvalue weighted by molar-refractivity contribution is 0.117. The van der Waals surface area contributed by atoms with Gasteiger partial charge in [-0.05, 0) is 43.5 Å². The first-order valence-corrected chi connectivity index (χ1v) is 6.35. The Hall–Kier alpha value is -1.09. The molecule has 1 unspecified atom stereocenters. The van der Waals surface area contributed by atoms with E-state index in [9.17, 15) is 4.39 Å². The van der Waals surface area contributed by atoms with E-state index in [1.165, 1.54) is 6.07 Å². The molecule has 1 aliphatic rings. The molecular weight excluding hydrogens is 283 g/mol. The molecule has 17 heavy (non-hydrogen) atoms. The maximum Gasteiger partial charge on any atom is 0.130 e. The summed E-state index contributed by atoms with van der Waals surface area (Å²) in [6.45, 7) is 5.47. The van der Waals surface area contributed by atoms with Crippen LogP contribution in [0.15, 0.2) is 41.1 Å². The summed E-state index contributed by atoms with van der Waals surface area (Å²) < 4.78 is 20.5. The second-order valence-electron chi connectivity index (χ2n) is 4.08. The third kappa shape index (κ3) is 2.44. The normalized spacial score (nSPS) is 19.0. The molecule has 0 saturated heterocycles. The number of hydrogen-bond acceptors (Lipinski definition) is 1. The van der Waals surface area contributed by atoms with Gasteiger partial charge >= 0.3 is 0 Å². The van der Waals surface area contributed by atoms with Crippen LogP contribution in [0, 0.1) is 5.82 Å². The third-order valence-electron chi connectivity index (χ3n) is 2.91. The molecule has 0 amide bonds. The van der Waals surface area contributed by atoms with Crippen molar-refractivity contribution in [3.63, 3.8) is 0 Å². The van der Waals surface area contributed by atoms with Gasteiger partial charge in [0.25, 0.3) is 0 Å². The minimum Gasteiger partial charge on any atom is -0.490 e. The predicted molar refractivity (Wildman–Crippen MR) is 70.2 cm³/mol. The van der Waals surface area contributed by atoms with Crippen LogP contribution in [0.1, 0.15) is 30.6 Å². The summed E-state index contributed by atoms with van der Waals surface area (Å²) in [6.07, 6.45) is 4.94. The molecule has 1 aliphatic carbocycles. The van der Waals surface area contributed by atoms with Crippen molar-refractivity contribution in [2.24, 2.45) is 0 Å². The Morgan fingerprint density at radius 2 is 2.35 bits per heavy atom. The fraction of sp³-hybridized carbons (Fsp3) is 0.286. The van der Waals surface area contributed by atoms with Crippen molar-refractivity contribution >= 4 is 15.9 Å². The van der Waals surface area contributed by atoms with Gasteiger partial charge in [0, 0.05) is 10.0 Å². The van der Waals surface area contributed by atoms with E-state index in [0.29, 0.717) is 5.56 Å². The van der Waals surface area contributed by atoms with E-state index in [-0.39, 0.29) is 11.9 Å². The van der Waals surface area contributed by atoms with Crippen molar-refractivity contribution in [3.05, 3.63) is 58.0 Å². The highest BCUT2D eigenvalue weighted by molar-refractivity contribution is 9.10. The van der Waals surface area contributed by atoms with Gasteiger partial charge in [-0.2, -0.15) is 0 Å². The van der Waals surface area contributed by atoms with Crippen LogP contribution in [0.3, 0.4) is 0 Å². The van der Waals surface area contributed by atoms with Gasteiger partial charge < -0.3 is 4.74 Å². The lowest BCUT2D eigenvalue weighted by Crippen LogP contribution is -2.01. The fourth-order valence-electron chi connectivity index (χ4n) is 2.18. The molecule has 0 aliphatic heterocycles. The van der Waals surface area contributed by atoms with Crippen molar-refractivity contribution in [2.75, 3.05) is 0 Å². The van der Waals surface area contributed by atoms with E-state index in [2.05, 4.69) is 22.5 Å². The molecule has 0 heterocycles. The second-order valence-corrected chi connectivity index (χ2v) is 4.93. The first-order chi connectivity index (χ1) is 8.13. The number of ether oxygens (including phenoxy) is 1. The maximum absolute atomic E-state index is 13.8. The molecule has 2 rings (SSSR count). The van der Waals surface area contributed by atoms with Crippen LogP contribution >= 0.6 is 15.9 Å². The molecule has 0 N–H and O–H groups in total. The number of hydrogen-bond donors (Lipinski definition) is 0. The lowest BCUT2D eigenvalue weighted by atomic mass is 10.1. The molecule has 1 nitrogen and oxygen atoms in total. The quantitative estimate of drug-likeness (QED) is 0.581. The summed E-state index contributed by atoms with van der Waals surface area (Å²) in [6, 6.07) is 3.24. The third-order valence-corrected chi connectivity index (χ3v) is 3.65. The van der Waals surface area contributed by atoms with Gasteiger partial charge in [0.05, 0.1) is 5.76 Å². The number of halogens is 2. The van der Waals surface area contributed by atoms with Crippen molar-refractivity contribution in [3.8, 4) is 0 Å². The largest absolute Gasteiger partial charge is 0.490 e. The smallest absolute Gasteiger partial charge is 0.130 e. The van der Waals surface area contributed by atoms with Gasteiger partial charge in [-0.15, -0.1) is 0 Å². The van der Waals surface area contributed by atoms with Crippen LogP contribution < -0.4 is 0 Å². The van der Waals surface area contributed by atoms with Crippen molar-refractivity contribution in [1.29, 1.82) is 0 Å². The summed E-state index contributed by atoms with van der Waals surface area (Å²) in [5.41, 5.74) is 1.72. The van der Waals surface area contributed by atoms with Gasteiger partial charge in [-0.25, -0.2) is 4.39 Å². The summed E-state index contributed by atoms with van der Waals surface area (Å²) >= 11 is 3.45. The Labute approximate surface area is 109 Å². The Bertz CT molecular complexity index is 479. The Kier molecular flexibility index (Phi) is 3.67. The van der Waals surface area contributed by atoms with E-state index in [4.69, 9.17) is 4.74 Å². The molecular formula is C14H14BrFO. The summed E-state index contributed by atoms with van der Waals surface area (Å²) in [5.74, 6) is 0.578. The van der Waals surface area contributed by atoms with Crippen LogP contribution in [0.5, 0.6) is 0 Å². The Morgan fingerprint density at radius 1 is 1.59 bits per heavy atom. The molecule has 1 aromatic carbocycles. The SMILES string of the molecule is C=CC=C(C)OC1CCc2c(Br)ccc(F)c21. The van der Waals surface area contributed by atoms with E-state index < -0.39 is 0 Å². The Morgan fingerprint density at radius 3 is 3.06 bits per heavy atom. The number of benzene rings is 1. The lowest BCUT2D eigenvalue weighted by Gasteiger charge is -2.16. The van der Waals surface area contributed by atoms with E-state index in [1.807, 2.05) is 6.92 Å². The minimum atomic E-state index is -0.183. The highest BCUT2D eigenvalue weighted by Gasteiger charge is 2.29. The molecule has 0 aromatic heterocycles. The van der Waals surface area contributed by atoms with Crippen LogP contribution in [0.25, 0.3) is 0 Å². The van der Waals surface area contributed by atoms with E-state index in [0.717, 1.165) is 28.6 Å². The molecule has 0 saturated carbocycles. The summed E-state index contributed by atoms with van der Waals surface area (Å²) in [4.78, 5) is 0. The molecule has 90 valence electrons. The standard InChI is InChI=1S/C14H14BrFO/c1-3-4-9(2)17-13-8-5-10-11(15)6-7-12(16)14(10)13/h3-4,6-7,13H,1,5,8H2,2H3. The van der Waals surface area contributed by atoms with Gasteiger partial charge in [-0.1, -0.05) is 28.6 Å². The zero-order valence-electron chi connectivity index (χ0n) is 9.67. The molecule has 0 fully saturated rings. The first-order valence-electron chi connectivity index (χ1n) is 5.56. The zero-order valence-corrected chi connectivity index (χ0v) is 11.3. The Balaban J connectivity index is 2.31. The monoisotopic (exact) mass is 296 g/mol. The summed E-state index contributed by atoms with van der Waals surface area (Å²) in [7, 11) is 0. The van der Waals surface area contributed by atoms with Gasteiger partial charge in [0.15, 0.2) is 0 Å². The summed E-state index contributed by atoms with van der Waals surface area (Å²) in [5, 5.41) is 0. The topological polar surface area (TPSA) is 9.23 Å². The second kappa shape index (κ2) is 5.05. The van der Waals surface area contributed by atoms with Crippen LogP contribution in [0.4, 0.5) is 4.39 Å². The van der Waals surface area contributed by atoms with Crippen molar-refractivity contribution in [1.82, 2.24) is 0 Å².